The molecule has 55 heavy (non-hydrogen) atoms. The summed E-state index contributed by atoms with van der Waals surface area (Å²) in [7, 11) is 3.17. The van der Waals surface area contributed by atoms with E-state index in [9.17, 15) is 17.6 Å². The van der Waals surface area contributed by atoms with Gasteiger partial charge in [0.15, 0.2) is 23.3 Å². The number of guanidine groups is 1. The Labute approximate surface area is 339 Å². The van der Waals surface area contributed by atoms with Gasteiger partial charge in [0.1, 0.15) is 5.71 Å². The SMILES string of the molecule is CN1OC2(N=C1N)c1cc(Br)ccc1CC21CCc2c(ccc(F)c2F)C1.CNO.Cl.[C-]#[N+]/N=C1\c2cc(Br)ccc2CC12CCc1c(ccc(F)c1F)C2. The number of fused-ring (bicyclic) bond motifs is 6. The lowest BCUT2D eigenvalue weighted by atomic mass is 9.65. The first-order valence-electron chi connectivity index (χ1n) is 17.3. The molecule has 5 aliphatic rings. The summed E-state index contributed by atoms with van der Waals surface area (Å²) in [6.07, 6.45) is 4.87. The van der Waals surface area contributed by atoms with E-state index in [0.29, 0.717) is 55.6 Å². The van der Waals surface area contributed by atoms with Crippen molar-refractivity contribution < 1.29 is 27.6 Å². The number of rotatable bonds is 0. The van der Waals surface area contributed by atoms with Crippen LogP contribution in [0.4, 0.5) is 17.6 Å². The number of benzene rings is 4. The van der Waals surface area contributed by atoms with Crippen LogP contribution in [0.1, 0.15) is 57.3 Å². The Hall–Kier alpha value is -3.84. The number of hydrogen-bond acceptors (Lipinski definition) is 7. The molecule has 288 valence electrons. The molecule has 4 N–H and O–H groups in total. The summed E-state index contributed by atoms with van der Waals surface area (Å²) >= 11 is 7.02. The van der Waals surface area contributed by atoms with Crippen LogP contribution in [-0.2, 0) is 49.1 Å². The van der Waals surface area contributed by atoms with E-state index in [1.807, 2.05) is 30.3 Å². The fraction of sp³-hybridized carbons (Fsp3) is 0.325. The molecular weight excluding hydrogens is 868 g/mol. The number of halogens is 7. The lowest BCUT2D eigenvalue weighted by Crippen LogP contribution is -2.47. The van der Waals surface area contributed by atoms with E-state index in [4.69, 9.17) is 27.3 Å². The van der Waals surface area contributed by atoms with Crippen molar-refractivity contribution >= 4 is 55.9 Å². The van der Waals surface area contributed by atoms with Crippen LogP contribution >= 0.6 is 44.3 Å². The van der Waals surface area contributed by atoms with Crippen molar-refractivity contribution in [3.63, 3.8) is 0 Å². The van der Waals surface area contributed by atoms with Crippen molar-refractivity contribution in [3.8, 4) is 0 Å². The first kappa shape index (κ1) is 40.8. The Kier molecular flexibility index (Phi) is 11.6. The topological polar surface area (TPSA) is 99.8 Å². The van der Waals surface area contributed by atoms with Crippen molar-refractivity contribution in [2.45, 2.75) is 57.1 Å². The van der Waals surface area contributed by atoms with Crippen LogP contribution in [0.25, 0.3) is 4.95 Å². The number of nitrogens with one attached hydrogen (secondary N) is 1. The molecule has 4 aromatic rings. The summed E-state index contributed by atoms with van der Waals surface area (Å²) in [4.78, 5) is 14.3. The van der Waals surface area contributed by atoms with E-state index in [2.05, 4.69) is 48.0 Å². The fourth-order valence-electron chi connectivity index (χ4n) is 9.04. The number of nitrogens with two attached hydrogens (primary N) is 1. The minimum atomic E-state index is -0.951. The van der Waals surface area contributed by atoms with Crippen LogP contribution in [0.5, 0.6) is 0 Å². The van der Waals surface area contributed by atoms with Gasteiger partial charge in [0, 0.05) is 45.0 Å². The third kappa shape index (κ3) is 6.87. The molecule has 15 heteroatoms. The Morgan fingerprint density at radius 1 is 0.855 bits per heavy atom. The molecule has 0 aromatic heterocycles. The van der Waals surface area contributed by atoms with Gasteiger partial charge in [-0.05, 0) is 121 Å². The van der Waals surface area contributed by atoms with Gasteiger partial charge in [0.05, 0.1) is 5.10 Å². The van der Waals surface area contributed by atoms with Gasteiger partial charge in [0.2, 0.25) is 11.7 Å². The number of hydroxylamine groups is 3. The summed E-state index contributed by atoms with van der Waals surface area (Å²) < 4.78 is 57.4. The molecule has 0 saturated heterocycles. The Bertz CT molecular complexity index is 2290. The smallest absolute Gasteiger partial charge is 0.221 e. The van der Waals surface area contributed by atoms with E-state index in [-0.39, 0.29) is 17.8 Å². The van der Waals surface area contributed by atoms with Gasteiger partial charge in [-0.25, -0.2) is 37.9 Å². The molecular formula is C40H37Br2ClF4N6O2. The lowest BCUT2D eigenvalue weighted by molar-refractivity contribution is -0.224. The van der Waals surface area contributed by atoms with E-state index in [1.54, 1.807) is 24.7 Å². The average Bonchev–Trinajstić information content (AvgIpc) is 3.70. The Balaban J connectivity index is 0.000000173. The van der Waals surface area contributed by atoms with E-state index >= 15 is 0 Å². The molecule has 0 radical (unpaired) electrons. The molecule has 3 unspecified atom stereocenters. The first-order chi connectivity index (χ1) is 25.8. The highest BCUT2D eigenvalue weighted by Crippen LogP contribution is 2.61. The third-order valence-electron chi connectivity index (χ3n) is 11.4. The van der Waals surface area contributed by atoms with Gasteiger partial charge in [0.25, 0.3) is 0 Å². The second kappa shape index (κ2) is 15.6. The molecule has 4 aromatic carbocycles. The first-order valence-corrected chi connectivity index (χ1v) is 18.9. The van der Waals surface area contributed by atoms with Crippen molar-refractivity contribution in [2.75, 3.05) is 14.1 Å². The van der Waals surface area contributed by atoms with Crippen molar-refractivity contribution in [1.82, 2.24) is 10.5 Å². The maximum atomic E-state index is 14.3. The largest absolute Gasteiger partial charge is 0.368 e. The second-order valence-electron chi connectivity index (χ2n) is 14.3. The minimum absolute atomic E-state index is 0. The standard InChI is InChI=1S/C20H18BrF2N3O.C19H13BrF2N2.CH5NO.ClH/c1-26-18(24)25-20(27-26)15-8-13(21)4-2-12(15)10-19(20)7-6-14-11(9-19)3-5-16(22)17(14)23;1-23-24-18-15-8-13(20)4-2-12(15)10-19(18)7-6-14-11(9-19)3-5-16(21)17(14)22;1-2-3;/h2-5,8H,6-7,9-10H2,1H3,(H2,24,25);2-5,8H,6-7,9-10H2;2-3H,1H3;1H/b;24-18+;;. The molecule has 1 aliphatic heterocycles. The summed E-state index contributed by atoms with van der Waals surface area (Å²) in [6, 6.07) is 17.9. The van der Waals surface area contributed by atoms with Crippen LogP contribution < -0.4 is 11.2 Å². The zero-order valence-electron chi connectivity index (χ0n) is 29.8. The van der Waals surface area contributed by atoms with Gasteiger partial charge < -0.3 is 10.9 Å². The van der Waals surface area contributed by atoms with Crippen LogP contribution in [0.2, 0.25) is 0 Å². The average molecular weight is 905 g/mol. The highest BCUT2D eigenvalue weighted by molar-refractivity contribution is 9.10. The maximum Gasteiger partial charge on any atom is 0.221 e. The highest BCUT2D eigenvalue weighted by atomic mass is 79.9. The number of hydrogen-bond donors (Lipinski definition) is 3. The van der Waals surface area contributed by atoms with E-state index in [0.717, 1.165) is 60.9 Å². The van der Waals surface area contributed by atoms with Crippen molar-refractivity contribution in [1.29, 1.82) is 0 Å². The second-order valence-corrected chi connectivity index (χ2v) is 16.2. The fourth-order valence-corrected chi connectivity index (χ4v) is 9.76. The summed E-state index contributed by atoms with van der Waals surface area (Å²) in [5.74, 6) is -2.74. The quantitative estimate of drug-likeness (QED) is 0.0931. The molecule has 0 fully saturated rings. The summed E-state index contributed by atoms with van der Waals surface area (Å²) in [6.45, 7) is 7.19. The highest BCUT2D eigenvalue weighted by Gasteiger charge is 2.63. The van der Waals surface area contributed by atoms with Crippen LogP contribution in [0, 0.1) is 40.7 Å². The molecule has 9 rings (SSSR count). The molecule has 8 nitrogen and oxygen atoms in total. The minimum Gasteiger partial charge on any atom is -0.368 e. The van der Waals surface area contributed by atoms with E-state index in [1.165, 1.54) is 24.2 Å². The van der Waals surface area contributed by atoms with Crippen molar-refractivity contribution in [3.05, 3.63) is 149 Å². The summed E-state index contributed by atoms with van der Waals surface area (Å²) in [5.41, 5.74) is 13.8. The van der Waals surface area contributed by atoms with Gasteiger partial charge in [-0.15, -0.1) is 17.4 Å². The molecule has 0 bridgehead atoms. The maximum absolute atomic E-state index is 14.3. The van der Waals surface area contributed by atoms with Crippen LogP contribution in [0.15, 0.2) is 79.7 Å². The van der Waals surface area contributed by atoms with Crippen LogP contribution in [0.3, 0.4) is 0 Å². The summed E-state index contributed by atoms with van der Waals surface area (Å²) in [5, 5.41) is 12.9. The normalized spacial score (nSPS) is 24.5. The number of aliphatic imine (C=N–C) groups is 1. The van der Waals surface area contributed by atoms with Gasteiger partial charge in [-0.3, -0.25) is 0 Å². The van der Waals surface area contributed by atoms with Gasteiger partial charge >= 0.3 is 0 Å². The number of nitrogens with zero attached hydrogens (tertiary/aromatic N) is 4. The molecule has 0 amide bonds. The van der Waals surface area contributed by atoms with Crippen LogP contribution in [-0.4, -0.2) is 36.0 Å². The van der Waals surface area contributed by atoms with Crippen molar-refractivity contribution in [2.24, 2.45) is 26.7 Å². The monoisotopic (exact) mass is 902 g/mol. The Morgan fingerprint density at radius 3 is 1.98 bits per heavy atom. The molecule has 0 saturated carbocycles. The predicted octanol–water partition coefficient (Wildman–Crippen LogP) is 8.90. The Morgan fingerprint density at radius 2 is 1.38 bits per heavy atom. The molecule has 3 spiro atoms. The third-order valence-corrected chi connectivity index (χ3v) is 12.4. The molecule has 1 heterocycles. The molecule has 3 atom stereocenters. The molecule has 4 aliphatic carbocycles. The van der Waals surface area contributed by atoms with Gasteiger partial charge in [-0.2, -0.15) is 6.57 Å². The zero-order valence-corrected chi connectivity index (χ0v) is 33.8. The lowest BCUT2D eigenvalue weighted by Gasteiger charge is -2.44. The zero-order chi connectivity index (χ0) is 38.6. The van der Waals surface area contributed by atoms with E-state index < -0.39 is 34.4 Å². The predicted molar refractivity (Wildman–Crippen MR) is 211 cm³/mol. The van der Waals surface area contributed by atoms with Gasteiger partial charge in [-0.1, -0.05) is 56.1 Å².